The van der Waals surface area contributed by atoms with E-state index in [2.05, 4.69) is 15.3 Å². The van der Waals surface area contributed by atoms with Crippen LogP contribution in [0.2, 0.25) is 0 Å². The molecule has 0 aliphatic heterocycles. The van der Waals surface area contributed by atoms with E-state index in [0.717, 1.165) is 11.3 Å². The minimum Gasteiger partial charge on any atom is -0.364 e. The predicted molar refractivity (Wildman–Crippen MR) is 91.5 cm³/mol. The van der Waals surface area contributed by atoms with Gasteiger partial charge in [-0.2, -0.15) is 0 Å². The number of hydrogen-bond donors (Lipinski definition) is 3. The van der Waals surface area contributed by atoms with Crippen molar-refractivity contribution in [1.82, 2.24) is 9.97 Å². The van der Waals surface area contributed by atoms with Gasteiger partial charge in [-0.3, -0.25) is 25.0 Å². The number of carbonyl (C=O) groups is 2. The minimum atomic E-state index is -0.625. The molecule has 0 saturated heterocycles. The smallest absolute Gasteiger partial charge is 0.282 e. The summed E-state index contributed by atoms with van der Waals surface area (Å²) in [7, 11) is 0. The highest BCUT2D eigenvalue weighted by Crippen LogP contribution is 2.26. The standard InChI is InChI=1S/C15H11N5O4S/c16-13(21)10-5-8(6-17-10)11-7-25-15(18-11)19-14(22)9-3-1-2-4-12(9)20(23)24/h1-7,17H,(H2,16,21)(H,18,19,22). The van der Waals surface area contributed by atoms with Gasteiger partial charge in [0.25, 0.3) is 17.5 Å². The van der Waals surface area contributed by atoms with Gasteiger partial charge in [0.2, 0.25) is 0 Å². The Hall–Kier alpha value is -3.53. The van der Waals surface area contributed by atoms with Gasteiger partial charge in [0.15, 0.2) is 5.13 Å². The lowest BCUT2D eigenvalue weighted by atomic mass is 10.1. The third kappa shape index (κ3) is 3.38. The first kappa shape index (κ1) is 16.3. The van der Waals surface area contributed by atoms with Gasteiger partial charge in [-0.25, -0.2) is 4.98 Å². The van der Waals surface area contributed by atoms with Crippen LogP contribution < -0.4 is 11.1 Å². The van der Waals surface area contributed by atoms with Crippen LogP contribution in [0.25, 0.3) is 11.3 Å². The fraction of sp³-hybridized carbons (Fsp3) is 0. The number of nitro benzene ring substituents is 1. The lowest BCUT2D eigenvalue weighted by molar-refractivity contribution is -0.385. The van der Waals surface area contributed by atoms with Crippen molar-refractivity contribution < 1.29 is 14.5 Å². The summed E-state index contributed by atoms with van der Waals surface area (Å²) >= 11 is 1.16. The first-order valence-electron chi connectivity index (χ1n) is 6.94. The minimum absolute atomic E-state index is 0.0538. The van der Waals surface area contributed by atoms with Gasteiger partial charge in [-0.1, -0.05) is 12.1 Å². The van der Waals surface area contributed by atoms with Crippen LogP contribution in [-0.2, 0) is 0 Å². The van der Waals surface area contributed by atoms with Crippen molar-refractivity contribution in [3.05, 3.63) is 63.3 Å². The third-order valence-electron chi connectivity index (χ3n) is 3.31. The molecule has 0 saturated carbocycles. The molecular formula is C15H11N5O4S. The fourth-order valence-electron chi connectivity index (χ4n) is 2.14. The Morgan fingerprint density at radius 3 is 2.76 bits per heavy atom. The SMILES string of the molecule is NC(=O)c1cc(-c2csc(NC(=O)c3ccccc3[N+](=O)[O-])n2)c[nH]1. The van der Waals surface area contributed by atoms with Crippen molar-refractivity contribution in [1.29, 1.82) is 0 Å². The highest BCUT2D eigenvalue weighted by atomic mass is 32.1. The van der Waals surface area contributed by atoms with Gasteiger partial charge in [0.05, 0.1) is 10.6 Å². The second-order valence-corrected chi connectivity index (χ2v) is 5.79. The molecule has 126 valence electrons. The molecule has 2 aromatic heterocycles. The Balaban J connectivity index is 1.80. The summed E-state index contributed by atoms with van der Waals surface area (Å²) in [5.74, 6) is -1.22. The third-order valence-corrected chi connectivity index (χ3v) is 4.07. The Morgan fingerprint density at radius 2 is 2.08 bits per heavy atom. The lowest BCUT2D eigenvalue weighted by Crippen LogP contribution is -2.13. The second-order valence-electron chi connectivity index (χ2n) is 4.93. The van der Waals surface area contributed by atoms with Gasteiger partial charge >= 0.3 is 0 Å². The number of primary amides is 1. The largest absolute Gasteiger partial charge is 0.364 e. The first-order valence-corrected chi connectivity index (χ1v) is 7.82. The molecule has 9 nitrogen and oxygen atoms in total. The molecule has 0 spiro atoms. The molecule has 0 bridgehead atoms. The fourth-order valence-corrected chi connectivity index (χ4v) is 2.85. The summed E-state index contributed by atoms with van der Waals surface area (Å²) in [4.78, 5) is 40.7. The van der Waals surface area contributed by atoms with Crippen LogP contribution in [0.1, 0.15) is 20.8 Å². The number of hydrogen-bond acceptors (Lipinski definition) is 6. The van der Waals surface area contributed by atoms with Crippen molar-refractivity contribution in [2.45, 2.75) is 0 Å². The maximum Gasteiger partial charge on any atom is 0.282 e. The van der Waals surface area contributed by atoms with Gasteiger partial charge in [0.1, 0.15) is 11.3 Å². The molecule has 2 heterocycles. The molecule has 10 heteroatoms. The van der Waals surface area contributed by atoms with E-state index in [-0.39, 0.29) is 22.1 Å². The summed E-state index contributed by atoms with van der Waals surface area (Å²) in [6, 6.07) is 7.20. The summed E-state index contributed by atoms with van der Waals surface area (Å²) in [5.41, 5.74) is 6.25. The first-order chi connectivity index (χ1) is 12.0. The number of nitro groups is 1. The average molecular weight is 357 g/mol. The number of nitrogens with one attached hydrogen (secondary N) is 2. The molecule has 3 aromatic rings. The van der Waals surface area contributed by atoms with Gasteiger partial charge in [0, 0.05) is 23.2 Å². The summed E-state index contributed by atoms with van der Waals surface area (Å²) in [6.07, 6.45) is 1.57. The van der Waals surface area contributed by atoms with Crippen LogP contribution in [0.15, 0.2) is 41.9 Å². The number of nitrogens with zero attached hydrogens (tertiary/aromatic N) is 2. The van der Waals surface area contributed by atoms with Crippen molar-refractivity contribution in [3.8, 4) is 11.3 Å². The predicted octanol–water partition coefficient (Wildman–Crippen LogP) is 2.40. The molecule has 0 aliphatic carbocycles. The molecule has 25 heavy (non-hydrogen) atoms. The van der Waals surface area contributed by atoms with Crippen LogP contribution in [0.3, 0.4) is 0 Å². The van der Waals surface area contributed by atoms with E-state index in [9.17, 15) is 19.7 Å². The van der Waals surface area contributed by atoms with Crippen molar-refractivity contribution >= 4 is 34.0 Å². The normalized spacial score (nSPS) is 10.4. The molecule has 4 N–H and O–H groups in total. The number of benzene rings is 1. The van der Waals surface area contributed by atoms with Crippen LogP contribution in [0, 0.1) is 10.1 Å². The molecule has 0 radical (unpaired) electrons. The van der Waals surface area contributed by atoms with E-state index in [4.69, 9.17) is 5.73 Å². The number of carbonyl (C=O) groups excluding carboxylic acids is 2. The molecule has 3 rings (SSSR count). The summed E-state index contributed by atoms with van der Waals surface area (Å²) in [6.45, 7) is 0. The number of thiazole rings is 1. The van der Waals surface area contributed by atoms with Crippen LogP contribution in [0.5, 0.6) is 0 Å². The Kier molecular flexibility index (Phi) is 4.27. The zero-order chi connectivity index (χ0) is 18.0. The molecule has 1 aromatic carbocycles. The molecular weight excluding hydrogens is 346 g/mol. The number of aromatic nitrogens is 2. The number of aromatic amines is 1. The van der Waals surface area contributed by atoms with E-state index in [1.54, 1.807) is 23.7 Å². The zero-order valence-electron chi connectivity index (χ0n) is 12.6. The maximum absolute atomic E-state index is 12.3. The van der Waals surface area contributed by atoms with Crippen molar-refractivity contribution in [2.24, 2.45) is 5.73 Å². The number of para-hydroxylation sites is 1. The average Bonchev–Trinajstić information content (AvgIpc) is 3.23. The highest BCUT2D eigenvalue weighted by Gasteiger charge is 2.20. The molecule has 0 unspecified atom stereocenters. The van der Waals surface area contributed by atoms with E-state index in [0.29, 0.717) is 11.3 Å². The maximum atomic E-state index is 12.3. The molecule has 0 fully saturated rings. The van der Waals surface area contributed by atoms with Crippen LogP contribution >= 0.6 is 11.3 Å². The Bertz CT molecular complexity index is 978. The summed E-state index contributed by atoms with van der Waals surface area (Å²) in [5, 5.41) is 15.5. The monoisotopic (exact) mass is 357 g/mol. The summed E-state index contributed by atoms with van der Waals surface area (Å²) < 4.78 is 0. The molecule has 0 aliphatic rings. The number of anilines is 1. The van der Waals surface area contributed by atoms with Crippen LogP contribution in [-0.4, -0.2) is 26.7 Å². The van der Waals surface area contributed by atoms with E-state index < -0.39 is 16.7 Å². The number of amides is 2. The number of rotatable bonds is 5. The second kappa shape index (κ2) is 6.53. The van der Waals surface area contributed by atoms with E-state index in [1.165, 1.54) is 18.2 Å². The van der Waals surface area contributed by atoms with Gasteiger partial charge < -0.3 is 10.7 Å². The number of nitrogens with two attached hydrogens (primary N) is 1. The van der Waals surface area contributed by atoms with Crippen LogP contribution in [0.4, 0.5) is 10.8 Å². The highest BCUT2D eigenvalue weighted by molar-refractivity contribution is 7.14. The zero-order valence-corrected chi connectivity index (χ0v) is 13.4. The Labute approximate surface area is 144 Å². The lowest BCUT2D eigenvalue weighted by Gasteiger charge is -2.02. The number of H-pyrrole nitrogens is 1. The topological polar surface area (TPSA) is 144 Å². The van der Waals surface area contributed by atoms with E-state index in [1.807, 2.05) is 0 Å². The molecule has 0 atom stereocenters. The van der Waals surface area contributed by atoms with Crippen molar-refractivity contribution in [3.63, 3.8) is 0 Å². The van der Waals surface area contributed by atoms with Gasteiger partial charge in [-0.15, -0.1) is 11.3 Å². The van der Waals surface area contributed by atoms with Crippen molar-refractivity contribution in [2.75, 3.05) is 5.32 Å². The van der Waals surface area contributed by atoms with E-state index >= 15 is 0 Å². The quantitative estimate of drug-likeness (QED) is 0.474. The van der Waals surface area contributed by atoms with Gasteiger partial charge in [-0.05, 0) is 12.1 Å². The Morgan fingerprint density at radius 1 is 1.32 bits per heavy atom. The molecule has 2 amide bonds.